The molecule has 0 bridgehead atoms. The van der Waals surface area contributed by atoms with Crippen molar-refractivity contribution < 1.29 is 4.79 Å². The van der Waals surface area contributed by atoms with Crippen LogP contribution >= 0.6 is 11.3 Å². The van der Waals surface area contributed by atoms with Crippen LogP contribution in [0.25, 0.3) is 0 Å². The number of hydrogen-bond donors (Lipinski definition) is 1. The monoisotopic (exact) mass is 252 g/mol. The van der Waals surface area contributed by atoms with E-state index in [4.69, 9.17) is 0 Å². The van der Waals surface area contributed by atoms with Crippen LogP contribution in [0.2, 0.25) is 0 Å². The lowest BCUT2D eigenvalue weighted by Crippen LogP contribution is -2.44. The Balaban J connectivity index is 1.84. The van der Waals surface area contributed by atoms with Gasteiger partial charge in [0.1, 0.15) is 0 Å². The lowest BCUT2D eigenvalue weighted by Gasteiger charge is -2.31. The first-order valence-corrected chi connectivity index (χ1v) is 7.10. The second-order valence-electron chi connectivity index (χ2n) is 4.59. The van der Waals surface area contributed by atoms with Gasteiger partial charge in [-0.15, -0.1) is 11.3 Å². The van der Waals surface area contributed by atoms with Gasteiger partial charge >= 0.3 is 0 Å². The van der Waals surface area contributed by atoms with Gasteiger partial charge in [-0.25, -0.2) is 0 Å². The minimum Gasteiger partial charge on any atom is -0.349 e. The van der Waals surface area contributed by atoms with E-state index in [-0.39, 0.29) is 5.91 Å². The maximum atomic E-state index is 12.0. The predicted molar refractivity (Wildman–Crippen MR) is 71.7 cm³/mol. The van der Waals surface area contributed by atoms with Gasteiger partial charge in [-0.3, -0.25) is 4.79 Å². The molecule has 0 atom stereocenters. The van der Waals surface area contributed by atoms with Crippen molar-refractivity contribution in [2.24, 2.45) is 0 Å². The van der Waals surface area contributed by atoms with Crippen molar-refractivity contribution in [2.75, 3.05) is 19.6 Å². The summed E-state index contributed by atoms with van der Waals surface area (Å²) in [6.07, 6.45) is 2.15. The lowest BCUT2D eigenvalue weighted by atomic mass is 10.1. The standard InChI is InChI=1S/C13H20N2OS/c1-3-15-8-6-11(7-9-15)14-13(16)12-5-4-10(2)17-12/h4-5,11H,3,6-9H2,1-2H3,(H,14,16). The van der Waals surface area contributed by atoms with Crippen LogP contribution in [0.3, 0.4) is 0 Å². The van der Waals surface area contributed by atoms with E-state index in [0.29, 0.717) is 6.04 Å². The fourth-order valence-corrected chi connectivity index (χ4v) is 2.98. The fraction of sp³-hybridized carbons (Fsp3) is 0.615. The number of carbonyl (C=O) groups is 1. The molecule has 94 valence electrons. The van der Waals surface area contributed by atoms with Crippen LogP contribution in [0.1, 0.15) is 34.3 Å². The van der Waals surface area contributed by atoms with Crippen LogP contribution in [-0.4, -0.2) is 36.5 Å². The van der Waals surface area contributed by atoms with E-state index in [9.17, 15) is 4.79 Å². The van der Waals surface area contributed by atoms with E-state index in [2.05, 4.69) is 17.1 Å². The topological polar surface area (TPSA) is 32.3 Å². The molecule has 4 heteroatoms. The highest BCUT2D eigenvalue weighted by Crippen LogP contribution is 2.16. The molecule has 1 aliphatic heterocycles. The third kappa shape index (κ3) is 3.30. The molecule has 1 fully saturated rings. The quantitative estimate of drug-likeness (QED) is 0.895. The third-order valence-electron chi connectivity index (χ3n) is 3.33. The fourth-order valence-electron chi connectivity index (χ4n) is 2.21. The number of piperidine rings is 1. The predicted octanol–water partition coefficient (Wildman–Crippen LogP) is 2.27. The zero-order chi connectivity index (χ0) is 12.3. The number of nitrogens with one attached hydrogen (secondary N) is 1. The van der Waals surface area contributed by atoms with Crippen LogP contribution in [0.15, 0.2) is 12.1 Å². The summed E-state index contributed by atoms with van der Waals surface area (Å²) in [5, 5.41) is 3.14. The highest BCUT2D eigenvalue weighted by molar-refractivity contribution is 7.13. The molecule has 0 saturated carbocycles. The van der Waals surface area contributed by atoms with Gasteiger partial charge in [-0.2, -0.15) is 0 Å². The average Bonchev–Trinajstić information content (AvgIpc) is 2.77. The third-order valence-corrected chi connectivity index (χ3v) is 4.33. The van der Waals surface area contributed by atoms with Gasteiger partial charge in [0.15, 0.2) is 0 Å². The van der Waals surface area contributed by atoms with Gasteiger partial charge in [0.05, 0.1) is 4.88 Å². The highest BCUT2D eigenvalue weighted by Gasteiger charge is 2.20. The molecule has 0 spiro atoms. The molecule has 0 radical (unpaired) electrons. The maximum Gasteiger partial charge on any atom is 0.261 e. The zero-order valence-electron chi connectivity index (χ0n) is 10.5. The summed E-state index contributed by atoms with van der Waals surface area (Å²) in [5.74, 6) is 0.0954. The Hall–Kier alpha value is -0.870. The Bertz CT molecular complexity index is 381. The van der Waals surface area contributed by atoms with Crippen molar-refractivity contribution >= 4 is 17.2 Å². The Morgan fingerprint density at radius 1 is 1.47 bits per heavy atom. The molecule has 1 N–H and O–H groups in total. The Kier molecular flexibility index (Phi) is 4.18. The Labute approximate surface area is 107 Å². The highest BCUT2D eigenvalue weighted by atomic mass is 32.1. The largest absolute Gasteiger partial charge is 0.349 e. The summed E-state index contributed by atoms with van der Waals surface area (Å²) in [6.45, 7) is 7.54. The first kappa shape index (κ1) is 12.6. The number of rotatable bonds is 3. The first-order chi connectivity index (χ1) is 8.19. The van der Waals surface area contributed by atoms with E-state index in [1.165, 1.54) is 4.88 Å². The van der Waals surface area contributed by atoms with E-state index in [0.717, 1.165) is 37.4 Å². The molecule has 0 unspecified atom stereocenters. The summed E-state index contributed by atoms with van der Waals surface area (Å²) in [5.41, 5.74) is 0. The smallest absolute Gasteiger partial charge is 0.261 e. The molecule has 1 aliphatic rings. The molecule has 1 saturated heterocycles. The normalized spacial score (nSPS) is 18.2. The Morgan fingerprint density at radius 3 is 2.71 bits per heavy atom. The average molecular weight is 252 g/mol. The first-order valence-electron chi connectivity index (χ1n) is 6.28. The van der Waals surface area contributed by atoms with Gasteiger partial charge in [0, 0.05) is 24.0 Å². The van der Waals surface area contributed by atoms with E-state index < -0.39 is 0 Å². The minimum atomic E-state index is 0.0954. The lowest BCUT2D eigenvalue weighted by molar-refractivity contribution is 0.0917. The van der Waals surface area contributed by atoms with Gasteiger partial charge in [-0.1, -0.05) is 6.92 Å². The molecule has 2 heterocycles. The number of likely N-dealkylation sites (tertiary alicyclic amines) is 1. The second kappa shape index (κ2) is 5.65. The molecule has 1 amide bonds. The summed E-state index contributed by atoms with van der Waals surface area (Å²) < 4.78 is 0. The molecule has 3 nitrogen and oxygen atoms in total. The molecule has 2 rings (SSSR count). The van der Waals surface area contributed by atoms with Crippen molar-refractivity contribution in [3.05, 3.63) is 21.9 Å². The SMILES string of the molecule is CCN1CCC(NC(=O)c2ccc(C)s2)CC1. The Morgan fingerprint density at radius 2 is 2.18 bits per heavy atom. The van der Waals surface area contributed by atoms with Gasteiger partial charge in [0.2, 0.25) is 0 Å². The molecule has 17 heavy (non-hydrogen) atoms. The van der Waals surface area contributed by atoms with E-state index in [1.807, 2.05) is 19.1 Å². The summed E-state index contributed by atoms with van der Waals surface area (Å²) in [7, 11) is 0. The molecule has 0 aromatic carbocycles. The van der Waals surface area contributed by atoms with Crippen LogP contribution in [0, 0.1) is 6.92 Å². The number of aryl methyl sites for hydroxylation is 1. The molecule has 1 aromatic rings. The second-order valence-corrected chi connectivity index (χ2v) is 5.88. The molecular weight excluding hydrogens is 232 g/mol. The van der Waals surface area contributed by atoms with Crippen molar-refractivity contribution in [1.82, 2.24) is 10.2 Å². The molecule has 1 aromatic heterocycles. The van der Waals surface area contributed by atoms with Crippen LogP contribution < -0.4 is 5.32 Å². The number of amides is 1. The summed E-state index contributed by atoms with van der Waals surface area (Å²) in [4.78, 5) is 16.4. The number of thiophene rings is 1. The van der Waals surface area contributed by atoms with Gasteiger partial charge in [-0.05, 0) is 38.4 Å². The van der Waals surface area contributed by atoms with Crippen molar-refractivity contribution in [1.29, 1.82) is 0 Å². The van der Waals surface area contributed by atoms with Crippen LogP contribution in [-0.2, 0) is 0 Å². The number of nitrogens with zero attached hydrogens (tertiary/aromatic N) is 1. The van der Waals surface area contributed by atoms with E-state index >= 15 is 0 Å². The maximum absolute atomic E-state index is 12.0. The number of carbonyl (C=O) groups excluding carboxylic acids is 1. The van der Waals surface area contributed by atoms with Gasteiger partial charge in [0.25, 0.3) is 5.91 Å². The van der Waals surface area contributed by atoms with Crippen LogP contribution in [0.5, 0.6) is 0 Å². The summed E-state index contributed by atoms with van der Waals surface area (Å²) in [6, 6.07) is 4.27. The van der Waals surface area contributed by atoms with Crippen molar-refractivity contribution in [2.45, 2.75) is 32.7 Å². The minimum absolute atomic E-state index is 0.0954. The number of hydrogen-bond acceptors (Lipinski definition) is 3. The van der Waals surface area contributed by atoms with Gasteiger partial charge < -0.3 is 10.2 Å². The summed E-state index contributed by atoms with van der Waals surface area (Å²) >= 11 is 1.57. The molecule has 0 aliphatic carbocycles. The van der Waals surface area contributed by atoms with E-state index in [1.54, 1.807) is 11.3 Å². The zero-order valence-corrected chi connectivity index (χ0v) is 11.3. The molecular formula is C13H20N2OS. The van der Waals surface area contributed by atoms with Crippen LogP contribution in [0.4, 0.5) is 0 Å². The van der Waals surface area contributed by atoms with Crippen molar-refractivity contribution in [3.63, 3.8) is 0 Å². The van der Waals surface area contributed by atoms with Crippen molar-refractivity contribution in [3.8, 4) is 0 Å².